The predicted octanol–water partition coefficient (Wildman–Crippen LogP) is 2.37. The number of carbonyl (C=O) groups excluding carboxylic acids is 1. The van der Waals surface area contributed by atoms with Crippen LogP contribution in [0.4, 0.5) is 4.39 Å². The molecular weight excluding hydrogens is 271 g/mol. The van der Waals surface area contributed by atoms with Crippen LogP contribution < -0.4 is 15.4 Å². The van der Waals surface area contributed by atoms with Crippen LogP contribution >= 0.6 is 0 Å². The molecule has 5 heteroatoms. The highest BCUT2D eigenvalue weighted by molar-refractivity contribution is 5.81. The summed E-state index contributed by atoms with van der Waals surface area (Å²) in [5.41, 5.74) is 0.851. The van der Waals surface area contributed by atoms with Crippen molar-refractivity contribution in [3.8, 4) is 5.75 Å². The van der Waals surface area contributed by atoms with Crippen molar-refractivity contribution in [1.29, 1.82) is 0 Å². The SMILES string of the molecule is CC(C)NCc1ccc(OC(C)C(=O)NC2CC2)c(F)c1. The van der Waals surface area contributed by atoms with E-state index in [1.54, 1.807) is 19.1 Å². The first kappa shape index (κ1) is 15.8. The first-order valence-corrected chi connectivity index (χ1v) is 7.44. The molecule has 1 aliphatic carbocycles. The lowest BCUT2D eigenvalue weighted by Gasteiger charge is -2.15. The predicted molar refractivity (Wildman–Crippen MR) is 79.6 cm³/mol. The van der Waals surface area contributed by atoms with Gasteiger partial charge in [0.1, 0.15) is 0 Å². The van der Waals surface area contributed by atoms with Crippen molar-refractivity contribution in [2.45, 2.75) is 58.3 Å². The second-order valence-corrected chi connectivity index (χ2v) is 5.84. The van der Waals surface area contributed by atoms with E-state index in [0.717, 1.165) is 18.4 Å². The molecule has 0 spiro atoms. The smallest absolute Gasteiger partial charge is 0.260 e. The molecule has 1 unspecified atom stereocenters. The Morgan fingerprint density at radius 1 is 1.38 bits per heavy atom. The van der Waals surface area contributed by atoms with Crippen LogP contribution in [0.15, 0.2) is 18.2 Å². The van der Waals surface area contributed by atoms with E-state index in [2.05, 4.69) is 10.6 Å². The summed E-state index contributed by atoms with van der Waals surface area (Å²) in [6, 6.07) is 5.44. The van der Waals surface area contributed by atoms with Gasteiger partial charge in [0.05, 0.1) is 0 Å². The van der Waals surface area contributed by atoms with E-state index in [9.17, 15) is 9.18 Å². The van der Waals surface area contributed by atoms with Gasteiger partial charge in [-0.3, -0.25) is 4.79 Å². The fraction of sp³-hybridized carbons (Fsp3) is 0.562. The molecule has 2 N–H and O–H groups in total. The van der Waals surface area contributed by atoms with Gasteiger partial charge in [0.25, 0.3) is 5.91 Å². The van der Waals surface area contributed by atoms with Gasteiger partial charge in [-0.1, -0.05) is 19.9 Å². The van der Waals surface area contributed by atoms with E-state index in [1.165, 1.54) is 6.07 Å². The Hall–Kier alpha value is -1.62. The summed E-state index contributed by atoms with van der Waals surface area (Å²) in [4.78, 5) is 11.8. The minimum Gasteiger partial charge on any atom is -0.478 e. The first-order valence-electron chi connectivity index (χ1n) is 7.44. The standard InChI is InChI=1S/C16H23FN2O2/c1-10(2)18-9-12-4-7-15(14(17)8-12)21-11(3)16(20)19-13-5-6-13/h4,7-8,10-11,13,18H,5-6,9H2,1-3H3,(H,19,20). The molecule has 0 aromatic heterocycles. The number of halogens is 1. The fourth-order valence-corrected chi connectivity index (χ4v) is 1.86. The van der Waals surface area contributed by atoms with Gasteiger partial charge in [0.2, 0.25) is 0 Å². The Kier molecular flexibility index (Phi) is 5.17. The minimum atomic E-state index is -0.695. The summed E-state index contributed by atoms with van der Waals surface area (Å²) in [6.07, 6.45) is 1.34. The van der Waals surface area contributed by atoms with Gasteiger partial charge >= 0.3 is 0 Å². The maximum Gasteiger partial charge on any atom is 0.260 e. The second-order valence-electron chi connectivity index (χ2n) is 5.84. The average Bonchev–Trinajstić information content (AvgIpc) is 3.22. The minimum absolute atomic E-state index is 0.113. The largest absolute Gasteiger partial charge is 0.478 e. The van der Waals surface area contributed by atoms with Crippen LogP contribution in [0.5, 0.6) is 5.75 Å². The second kappa shape index (κ2) is 6.89. The molecule has 2 rings (SSSR count). The molecule has 21 heavy (non-hydrogen) atoms. The molecule has 1 fully saturated rings. The van der Waals surface area contributed by atoms with Crippen LogP contribution in [0.2, 0.25) is 0 Å². The van der Waals surface area contributed by atoms with Gasteiger partial charge < -0.3 is 15.4 Å². The lowest BCUT2D eigenvalue weighted by Crippen LogP contribution is -2.37. The summed E-state index contributed by atoms with van der Waals surface area (Å²) in [6.45, 7) is 6.31. The molecule has 1 atom stereocenters. The van der Waals surface area contributed by atoms with Gasteiger partial charge in [0.15, 0.2) is 17.7 Å². The Morgan fingerprint density at radius 3 is 2.67 bits per heavy atom. The third-order valence-electron chi connectivity index (χ3n) is 3.31. The molecule has 0 bridgehead atoms. The summed E-state index contributed by atoms with van der Waals surface area (Å²) < 4.78 is 19.4. The van der Waals surface area contributed by atoms with Crippen molar-refractivity contribution in [2.24, 2.45) is 0 Å². The molecule has 4 nitrogen and oxygen atoms in total. The highest BCUT2D eigenvalue weighted by atomic mass is 19.1. The van der Waals surface area contributed by atoms with Crippen LogP contribution in [0.1, 0.15) is 39.2 Å². The molecule has 0 heterocycles. The highest BCUT2D eigenvalue weighted by Gasteiger charge is 2.26. The third-order valence-corrected chi connectivity index (χ3v) is 3.31. The van der Waals surface area contributed by atoms with Crippen molar-refractivity contribution in [3.05, 3.63) is 29.6 Å². The number of rotatable bonds is 7. The molecule has 1 aromatic rings. The Bertz CT molecular complexity index is 501. The van der Waals surface area contributed by atoms with Gasteiger partial charge in [-0.2, -0.15) is 0 Å². The van der Waals surface area contributed by atoms with Crippen molar-refractivity contribution in [1.82, 2.24) is 10.6 Å². The number of hydrogen-bond acceptors (Lipinski definition) is 3. The number of nitrogens with one attached hydrogen (secondary N) is 2. The van der Waals surface area contributed by atoms with Crippen molar-refractivity contribution in [3.63, 3.8) is 0 Å². The zero-order valence-corrected chi connectivity index (χ0v) is 12.8. The Morgan fingerprint density at radius 2 is 2.10 bits per heavy atom. The normalized spacial score (nSPS) is 15.9. The summed E-state index contributed by atoms with van der Waals surface area (Å²) in [7, 11) is 0. The fourth-order valence-electron chi connectivity index (χ4n) is 1.86. The molecule has 1 aromatic carbocycles. The highest BCUT2D eigenvalue weighted by Crippen LogP contribution is 2.21. The maximum absolute atomic E-state index is 14.0. The number of ether oxygens (including phenoxy) is 1. The molecule has 0 saturated heterocycles. The number of hydrogen-bond donors (Lipinski definition) is 2. The molecule has 0 aliphatic heterocycles. The zero-order valence-electron chi connectivity index (χ0n) is 12.8. The van der Waals surface area contributed by atoms with Crippen LogP contribution in [-0.2, 0) is 11.3 Å². The van der Waals surface area contributed by atoms with Crippen LogP contribution in [-0.4, -0.2) is 24.1 Å². The van der Waals surface area contributed by atoms with Crippen LogP contribution in [0.25, 0.3) is 0 Å². The Balaban J connectivity index is 1.91. The number of benzene rings is 1. The van der Waals surface area contributed by atoms with Gasteiger partial charge in [0, 0.05) is 18.6 Å². The number of amides is 1. The topological polar surface area (TPSA) is 50.4 Å². The zero-order chi connectivity index (χ0) is 15.4. The summed E-state index contributed by atoms with van der Waals surface area (Å²) in [5, 5.41) is 6.07. The molecular formula is C16H23FN2O2. The van der Waals surface area contributed by atoms with E-state index in [4.69, 9.17) is 4.74 Å². The first-order chi connectivity index (χ1) is 9.95. The lowest BCUT2D eigenvalue weighted by molar-refractivity contribution is -0.127. The summed E-state index contributed by atoms with van der Waals surface area (Å²) >= 11 is 0. The van der Waals surface area contributed by atoms with Crippen molar-refractivity contribution < 1.29 is 13.9 Å². The van der Waals surface area contributed by atoms with E-state index in [0.29, 0.717) is 12.6 Å². The molecule has 0 radical (unpaired) electrons. The van der Waals surface area contributed by atoms with E-state index >= 15 is 0 Å². The maximum atomic E-state index is 14.0. The summed E-state index contributed by atoms with van der Waals surface area (Å²) in [5.74, 6) is -0.520. The van der Waals surface area contributed by atoms with Crippen molar-refractivity contribution in [2.75, 3.05) is 0 Å². The van der Waals surface area contributed by atoms with Crippen LogP contribution in [0.3, 0.4) is 0 Å². The monoisotopic (exact) mass is 294 g/mol. The quantitative estimate of drug-likeness (QED) is 0.812. The van der Waals surface area contributed by atoms with E-state index < -0.39 is 11.9 Å². The van der Waals surface area contributed by atoms with Gasteiger partial charge in [-0.15, -0.1) is 0 Å². The van der Waals surface area contributed by atoms with Gasteiger partial charge in [-0.05, 0) is 37.5 Å². The lowest BCUT2D eigenvalue weighted by atomic mass is 10.2. The molecule has 116 valence electrons. The molecule has 1 saturated carbocycles. The third kappa shape index (κ3) is 5.01. The molecule has 1 amide bonds. The van der Waals surface area contributed by atoms with Gasteiger partial charge in [-0.25, -0.2) is 4.39 Å². The number of carbonyl (C=O) groups is 1. The Labute approximate surface area is 125 Å². The van der Waals surface area contributed by atoms with Crippen molar-refractivity contribution >= 4 is 5.91 Å². The van der Waals surface area contributed by atoms with E-state index in [-0.39, 0.29) is 17.7 Å². The van der Waals surface area contributed by atoms with Crippen LogP contribution in [0, 0.1) is 5.82 Å². The average molecular weight is 294 g/mol. The van der Waals surface area contributed by atoms with E-state index in [1.807, 2.05) is 13.8 Å². The molecule has 1 aliphatic rings.